The van der Waals surface area contributed by atoms with Crippen molar-refractivity contribution in [3.8, 4) is 11.5 Å². The van der Waals surface area contributed by atoms with E-state index in [9.17, 15) is 10.2 Å². The number of benzene rings is 2. The van der Waals surface area contributed by atoms with Crippen molar-refractivity contribution in [1.29, 1.82) is 0 Å². The summed E-state index contributed by atoms with van der Waals surface area (Å²) >= 11 is 0. The Morgan fingerprint density at radius 2 is 1.00 bits per heavy atom. The molecule has 0 amide bonds. The molecule has 0 aliphatic carbocycles. The SMILES string of the molecule is Cc1ccc(O)c(CN(C)CCN(C)Cc2c(O)ccc(C)c2C)c1C. The molecule has 0 saturated carbocycles. The van der Waals surface area contributed by atoms with Crippen LogP contribution in [0, 0.1) is 27.7 Å². The molecular weight excluding hydrogens is 324 g/mol. The van der Waals surface area contributed by atoms with E-state index in [2.05, 4.69) is 51.6 Å². The van der Waals surface area contributed by atoms with Crippen molar-refractivity contribution in [2.24, 2.45) is 0 Å². The van der Waals surface area contributed by atoms with Crippen molar-refractivity contribution < 1.29 is 10.2 Å². The van der Waals surface area contributed by atoms with Gasteiger partial charge in [-0.15, -0.1) is 0 Å². The van der Waals surface area contributed by atoms with Crippen LogP contribution >= 0.6 is 0 Å². The molecule has 142 valence electrons. The average molecular weight is 357 g/mol. The molecule has 0 bridgehead atoms. The van der Waals surface area contributed by atoms with Crippen LogP contribution in [0.3, 0.4) is 0 Å². The Morgan fingerprint density at radius 1 is 0.654 bits per heavy atom. The Labute approximate surface area is 157 Å². The van der Waals surface area contributed by atoms with Crippen LogP contribution in [0.2, 0.25) is 0 Å². The minimum atomic E-state index is 0.369. The van der Waals surface area contributed by atoms with E-state index in [0.29, 0.717) is 11.5 Å². The lowest BCUT2D eigenvalue weighted by Gasteiger charge is -2.24. The predicted molar refractivity (Wildman–Crippen MR) is 108 cm³/mol. The Morgan fingerprint density at radius 3 is 1.35 bits per heavy atom. The monoisotopic (exact) mass is 356 g/mol. The van der Waals surface area contributed by atoms with E-state index in [1.165, 1.54) is 11.1 Å². The lowest BCUT2D eigenvalue weighted by atomic mass is 10.0. The summed E-state index contributed by atoms with van der Waals surface area (Å²) in [7, 11) is 4.15. The molecule has 2 rings (SSSR count). The van der Waals surface area contributed by atoms with E-state index < -0.39 is 0 Å². The minimum absolute atomic E-state index is 0.369. The van der Waals surface area contributed by atoms with Crippen molar-refractivity contribution in [3.63, 3.8) is 0 Å². The van der Waals surface area contributed by atoms with E-state index in [-0.39, 0.29) is 0 Å². The fourth-order valence-electron chi connectivity index (χ4n) is 3.16. The maximum Gasteiger partial charge on any atom is 0.120 e. The molecule has 2 aromatic rings. The van der Waals surface area contributed by atoms with Crippen molar-refractivity contribution >= 4 is 0 Å². The summed E-state index contributed by atoms with van der Waals surface area (Å²) in [6.45, 7) is 11.5. The van der Waals surface area contributed by atoms with Gasteiger partial charge in [0.05, 0.1) is 0 Å². The van der Waals surface area contributed by atoms with Crippen LogP contribution in [0.5, 0.6) is 11.5 Å². The molecule has 0 fully saturated rings. The van der Waals surface area contributed by atoms with Gasteiger partial charge >= 0.3 is 0 Å². The number of likely N-dealkylation sites (N-methyl/N-ethyl adjacent to an activating group) is 2. The van der Waals surface area contributed by atoms with Gasteiger partial charge in [0.15, 0.2) is 0 Å². The van der Waals surface area contributed by atoms with E-state index in [4.69, 9.17) is 0 Å². The number of rotatable bonds is 7. The molecule has 26 heavy (non-hydrogen) atoms. The van der Waals surface area contributed by atoms with Crippen LogP contribution in [0.4, 0.5) is 0 Å². The van der Waals surface area contributed by atoms with Gasteiger partial charge in [-0.05, 0) is 76.2 Å². The largest absolute Gasteiger partial charge is 0.508 e. The van der Waals surface area contributed by atoms with Crippen molar-refractivity contribution in [2.45, 2.75) is 40.8 Å². The third-order valence-corrected chi connectivity index (χ3v) is 5.41. The van der Waals surface area contributed by atoms with Crippen LogP contribution in [-0.2, 0) is 13.1 Å². The first-order valence-corrected chi connectivity index (χ1v) is 9.14. The number of hydrogen-bond acceptors (Lipinski definition) is 4. The molecule has 4 nitrogen and oxygen atoms in total. The molecule has 0 unspecified atom stereocenters. The summed E-state index contributed by atoms with van der Waals surface area (Å²) in [4.78, 5) is 4.45. The van der Waals surface area contributed by atoms with Gasteiger partial charge in [-0.1, -0.05) is 12.1 Å². The molecule has 2 aromatic carbocycles. The van der Waals surface area contributed by atoms with E-state index in [1.54, 1.807) is 12.1 Å². The number of nitrogens with zero attached hydrogens (tertiary/aromatic N) is 2. The summed E-state index contributed by atoms with van der Waals surface area (Å²) in [5.74, 6) is 0.738. The smallest absolute Gasteiger partial charge is 0.120 e. The standard InChI is InChI=1S/C22H32N2O2/c1-15-7-9-21(25)19(17(15)3)13-23(5)11-12-24(6)14-20-18(4)16(2)8-10-22(20)26/h7-10,25-26H,11-14H2,1-6H3. The second-order valence-corrected chi connectivity index (χ2v) is 7.49. The lowest BCUT2D eigenvalue weighted by Crippen LogP contribution is -2.30. The van der Waals surface area contributed by atoms with Crippen LogP contribution in [0.25, 0.3) is 0 Å². The van der Waals surface area contributed by atoms with Crippen LogP contribution in [0.15, 0.2) is 24.3 Å². The number of aromatic hydroxyl groups is 2. The van der Waals surface area contributed by atoms with Gasteiger partial charge < -0.3 is 20.0 Å². The number of hydrogen-bond donors (Lipinski definition) is 2. The summed E-state index contributed by atoms with van der Waals surface area (Å²) < 4.78 is 0. The van der Waals surface area contributed by atoms with Gasteiger partial charge in [0.1, 0.15) is 11.5 Å². The van der Waals surface area contributed by atoms with Crippen LogP contribution in [-0.4, -0.2) is 47.2 Å². The molecule has 0 saturated heterocycles. The number of phenolic OH excluding ortho intramolecular Hbond substituents is 2. The zero-order valence-corrected chi connectivity index (χ0v) is 16.9. The first kappa shape index (κ1) is 20.3. The lowest BCUT2D eigenvalue weighted by molar-refractivity contribution is 0.243. The molecule has 0 atom stereocenters. The van der Waals surface area contributed by atoms with E-state index in [1.807, 2.05) is 12.1 Å². The van der Waals surface area contributed by atoms with Crippen molar-refractivity contribution in [2.75, 3.05) is 27.2 Å². The average Bonchev–Trinajstić information content (AvgIpc) is 2.60. The quantitative estimate of drug-likeness (QED) is 0.790. The third kappa shape index (κ3) is 4.77. The summed E-state index contributed by atoms with van der Waals surface area (Å²) in [5.41, 5.74) is 6.73. The fourth-order valence-corrected chi connectivity index (χ4v) is 3.16. The molecule has 4 heteroatoms. The summed E-state index contributed by atoms with van der Waals surface area (Å²) in [5, 5.41) is 20.3. The molecule has 0 radical (unpaired) electrons. The number of aryl methyl sites for hydroxylation is 2. The molecule has 2 N–H and O–H groups in total. The third-order valence-electron chi connectivity index (χ3n) is 5.41. The first-order valence-electron chi connectivity index (χ1n) is 9.14. The minimum Gasteiger partial charge on any atom is -0.508 e. The predicted octanol–water partition coefficient (Wildman–Crippen LogP) is 3.90. The molecule has 0 aromatic heterocycles. The Balaban J connectivity index is 1.95. The van der Waals surface area contributed by atoms with Crippen molar-refractivity contribution in [1.82, 2.24) is 9.80 Å². The highest BCUT2D eigenvalue weighted by Crippen LogP contribution is 2.26. The van der Waals surface area contributed by atoms with Crippen molar-refractivity contribution in [3.05, 3.63) is 57.6 Å². The Hall–Kier alpha value is -2.04. The molecule has 0 spiro atoms. The molecule has 0 heterocycles. The molecular formula is C22H32N2O2. The van der Waals surface area contributed by atoms with Gasteiger partial charge in [0.25, 0.3) is 0 Å². The summed E-state index contributed by atoms with van der Waals surface area (Å²) in [6.07, 6.45) is 0. The van der Waals surface area contributed by atoms with Gasteiger partial charge in [0, 0.05) is 37.3 Å². The topological polar surface area (TPSA) is 46.9 Å². The Kier molecular flexibility index (Phi) is 6.68. The zero-order valence-electron chi connectivity index (χ0n) is 16.9. The second-order valence-electron chi connectivity index (χ2n) is 7.49. The highest BCUT2D eigenvalue weighted by molar-refractivity contribution is 5.43. The van der Waals surface area contributed by atoms with Gasteiger partial charge in [-0.2, -0.15) is 0 Å². The first-order chi connectivity index (χ1) is 12.2. The normalized spacial score (nSPS) is 11.5. The number of phenols is 2. The van der Waals surface area contributed by atoms with E-state index >= 15 is 0 Å². The van der Waals surface area contributed by atoms with Crippen LogP contribution in [0.1, 0.15) is 33.4 Å². The fraction of sp³-hybridized carbons (Fsp3) is 0.455. The zero-order chi connectivity index (χ0) is 19.4. The molecule has 0 aliphatic rings. The maximum absolute atomic E-state index is 10.2. The summed E-state index contributed by atoms with van der Waals surface area (Å²) in [6, 6.07) is 7.47. The van der Waals surface area contributed by atoms with Crippen LogP contribution < -0.4 is 0 Å². The van der Waals surface area contributed by atoms with Gasteiger partial charge in [-0.25, -0.2) is 0 Å². The van der Waals surface area contributed by atoms with Gasteiger partial charge in [-0.3, -0.25) is 0 Å². The van der Waals surface area contributed by atoms with E-state index in [0.717, 1.165) is 48.4 Å². The van der Waals surface area contributed by atoms with Gasteiger partial charge in [0.2, 0.25) is 0 Å². The molecule has 0 aliphatic heterocycles. The maximum atomic E-state index is 10.2. The Bertz CT molecular complexity index is 706. The highest BCUT2D eigenvalue weighted by atomic mass is 16.3. The second kappa shape index (κ2) is 8.56. The highest BCUT2D eigenvalue weighted by Gasteiger charge is 2.13.